The first-order chi connectivity index (χ1) is 7.75. The van der Waals surface area contributed by atoms with Gasteiger partial charge in [-0.15, -0.1) is 0 Å². The number of phenols is 1. The average molecular weight is 208 g/mol. The van der Waals surface area contributed by atoms with Crippen molar-refractivity contribution in [2.75, 3.05) is 0 Å². The van der Waals surface area contributed by atoms with Crippen molar-refractivity contribution in [2.45, 2.75) is 6.92 Å². The van der Waals surface area contributed by atoms with Crippen molar-refractivity contribution in [1.82, 2.24) is 0 Å². The van der Waals surface area contributed by atoms with Gasteiger partial charge in [-0.05, 0) is 46.2 Å². The lowest BCUT2D eigenvalue weighted by molar-refractivity contribution is 0.472. The molecule has 0 unspecified atom stereocenters. The highest BCUT2D eigenvalue weighted by Gasteiger charge is 2.03. The molecule has 0 aliphatic rings. The van der Waals surface area contributed by atoms with E-state index in [2.05, 4.69) is 24.3 Å². The van der Waals surface area contributed by atoms with Crippen LogP contribution in [0.1, 0.15) is 5.56 Å². The Morgan fingerprint density at radius 3 is 2.44 bits per heavy atom. The van der Waals surface area contributed by atoms with E-state index in [0.717, 1.165) is 10.9 Å². The summed E-state index contributed by atoms with van der Waals surface area (Å²) in [6.07, 6.45) is 0. The zero-order valence-electron chi connectivity index (χ0n) is 9.07. The van der Waals surface area contributed by atoms with E-state index in [-0.39, 0.29) is 0 Å². The Morgan fingerprint density at radius 1 is 0.812 bits per heavy atom. The number of fused-ring (bicyclic) bond motifs is 3. The maximum atomic E-state index is 9.78. The fourth-order valence-corrected chi connectivity index (χ4v) is 2.16. The standard InChI is InChI=1S/C15H12O/c1-10-8-12-7-6-11-4-2-3-5-13(11)14(12)9-15(10)16/h2-9,16H,1H3. The van der Waals surface area contributed by atoms with E-state index in [0.29, 0.717) is 5.75 Å². The van der Waals surface area contributed by atoms with Gasteiger partial charge in [-0.25, -0.2) is 0 Å². The van der Waals surface area contributed by atoms with Crippen LogP contribution < -0.4 is 0 Å². The van der Waals surface area contributed by atoms with E-state index in [1.807, 2.05) is 31.2 Å². The van der Waals surface area contributed by atoms with Gasteiger partial charge in [0, 0.05) is 0 Å². The second kappa shape index (κ2) is 3.24. The maximum absolute atomic E-state index is 9.78. The summed E-state index contributed by atoms with van der Waals surface area (Å²) in [5.41, 5.74) is 0.919. The molecule has 1 heteroatoms. The molecule has 0 amide bonds. The molecule has 0 aliphatic carbocycles. The molecule has 0 heterocycles. The van der Waals surface area contributed by atoms with E-state index >= 15 is 0 Å². The van der Waals surface area contributed by atoms with Crippen molar-refractivity contribution in [1.29, 1.82) is 0 Å². The molecular weight excluding hydrogens is 196 g/mol. The summed E-state index contributed by atoms with van der Waals surface area (Å²) in [5, 5.41) is 14.5. The van der Waals surface area contributed by atoms with Gasteiger partial charge in [-0.2, -0.15) is 0 Å². The van der Waals surface area contributed by atoms with Gasteiger partial charge in [-0.1, -0.05) is 36.4 Å². The van der Waals surface area contributed by atoms with Crippen LogP contribution in [0.25, 0.3) is 21.5 Å². The largest absolute Gasteiger partial charge is 0.508 e. The molecule has 0 atom stereocenters. The highest BCUT2D eigenvalue weighted by Crippen LogP contribution is 2.30. The van der Waals surface area contributed by atoms with Crippen LogP contribution in [-0.4, -0.2) is 5.11 Å². The molecule has 0 aromatic heterocycles. The molecule has 3 aromatic carbocycles. The first-order valence-electron chi connectivity index (χ1n) is 5.37. The minimum absolute atomic E-state index is 0.365. The van der Waals surface area contributed by atoms with E-state index in [1.54, 1.807) is 0 Å². The van der Waals surface area contributed by atoms with Crippen LogP contribution in [0.2, 0.25) is 0 Å². The third-order valence-electron chi connectivity index (χ3n) is 3.06. The predicted molar refractivity (Wildman–Crippen MR) is 67.9 cm³/mol. The molecule has 1 N–H and O–H groups in total. The highest BCUT2D eigenvalue weighted by molar-refractivity contribution is 6.08. The van der Waals surface area contributed by atoms with Crippen molar-refractivity contribution in [3.63, 3.8) is 0 Å². The van der Waals surface area contributed by atoms with Crippen LogP contribution in [0.3, 0.4) is 0 Å². The van der Waals surface area contributed by atoms with Crippen LogP contribution in [-0.2, 0) is 0 Å². The highest BCUT2D eigenvalue weighted by atomic mass is 16.3. The Bertz CT molecular complexity index is 683. The van der Waals surface area contributed by atoms with Gasteiger partial charge >= 0.3 is 0 Å². The molecular formula is C15H12O. The second-order valence-corrected chi connectivity index (χ2v) is 4.15. The van der Waals surface area contributed by atoms with Crippen LogP contribution in [0.5, 0.6) is 5.75 Å². The van der Waals surface area contributed by atoms with Crippen molar-refractivity contribution in [3.8, 4) is 5.75 Å². The number of hydrogen-bond donors (Lipinski definition) is 1. The first kappa shape index (κ1) is 9.22. The van der Waals surface area contributed by atoms with E-state index < -0.39 is 0 Å². The first-order valence-corrected chi connectivity index (χ1v) is 5.37. The summed E-state index contributed by atoms with van der Waals surface area (Å²) in [6.45, 7) is 1.92. The van der Waals surface area contributed by atoms with Crippen LogP contribution in [0, 0.1) is 6.92 Å². The molecule has 3 aromatic rings. The number of phenolic OH excluding ortho intramolecular Hbond substituents is 1. The third-order valence-corrected chi connectivity index (χ3v) is 3.06. The molecule has 0 aliphatic heterocycles. The average Bonchev–Trinajstić information content (AvgIpc) is 2.31. The summed E-state index contributed by atoms with van der Waals surface area (Å²) < 4.78 is 0. The minimum atomic E-state index is 0.365. The maximum Gasteiger partial charge on any atom is 0.119 e. The number of aromatic hydroxyl groups is 1. The van der Waals surface area contributed by atoms with Crippen LogP contribution in [0.15, 0.2) is 48.5 Å². The van der Waals surface area contributed by atoms with E-state index in [9.17, 15) is 5.11 Å². The van der Waals surface area contributed by atoms with Crippen LogP contribution >= 0.6 is 0 Å². The summed E-state index contributed by atoms with van der Waals surface area (Å²) in [7, 11) is 0. The summed E-state index contributed by atoms with van der Waals surface area (Å²) >= 11 is 0. The van der Waals surface area contributed by atoms with Gasteiger partial charge in [0.05, 0.1) is 0 Å². The SMILES string of the molecule is Cc1cc2ccc3ccccc3c2cc1O. The third kappa shape index (κ3) is 1.25. The Labute approximate surface area is 94.0 Å². The number of benzene rings is 3. The summed E-state index contributed by atoms with van der Waals surface area (Å²) in [6, 6.07) is 16.3. The van der Waals surface area contributed by atoms with Gasteiger partial charge in [0.2, 0.25) is 0 Å². The van der Waals surface area contributed by atoms with Gasteiger partial charge < -0.3 is 5.11 Å². The normalized spacial score (nSPS) is 11.1. The van der Waals surface area contributed by atoms with Crippen molar-refractivity contribution < 1.29 is 5.11 Å². The Balaban J connectivity index is 2.55. The predicted octanol–water partition coefficient (Wildman–Crippen LogP) is 4.01. The monoisotopic (exact) mass is 208 g/mol. The van der Waals surface area contributed by atoms with Crippen molar-refractivity contribution >= 4 is 21.5 Å². The molecule has 0 bridgehead atoms. The molecule has 0 saturated carbocycles. The van der Waals surface area contributed by atoms with Gasteiger partial charge in [0.1, 0.15) is 5.75 Å². The molecule has 16 heavy (non-hydrogen) atoms. The summed E-state index contributed by atoms with van der Waals surface area (Å²) in [4.78, 5) is 0. The Kier molecular flexibility index (Phi) is 1.87. The smallest absolute Gasteiger partial charge is 0.119 e. The number of aryl methyl sites for hydroxylation is 1. The quantitative estimate of drug-likeness (QED) is 0.553. The molecule has 3 rings (SSSR count). The lowest BCUT2D eigenvalue weighted by atomic mass is 10.00. The van der Waals surface area contributed by atoms with Crippen LogP contribution in [0.4, 0.5) is 0 Å². The van der Waals surface area contributed by atoms with E-state index in [4.69, 9.17) is 0 Å². The lowest BCUT2D eigenvalue weighted by Crippen LogP contribution is -1.80. The second-order valence-electron chi connectivity index (χ2n) is 4.15. The molecule has 0 fully saturated rings. The van der Waals surface area contributed by atoms with Gasteiger partial charge in [0.25, 0.3) is 0 Å². The number of rotatable bonds is 0. The lowest BCUT2D eigenvalue weighted by Gasteiger charge is -2.06. The Morgan fingerprint density at radius 2 is 1.56 bits per heavy atom. The zero-order chi connectivity index (χ0) is 11.1. The molecule has 0 radical (unpaired) electrons. The number of hydrogen-bond acceptors (Lipinski definition) is 1. The topological polar surface area (TPSA) is 20.2 Å². The van der Waals surface area contributed by atoms with Gasteiger partial charge in [0.15, 0.2) is 0 Å². The molecule has 78 valence electrons. The molecule has 0 spiro atoms. The molecule has 1 nitrogen and oxygen atoms in total. The van der Waals surface area contributed by atoms with Crippen molar-refractivity contribution in [3.05, 3.63) is 54.1 Å². The van der Waals surface area contributed by atoms with Gasteiger partial charge in [-0.3, -0.25) is 0 Å². The van der Waals surface area contributed by atoms with Crippen molar-refractivity contribution in [2.24, 2.45) is 0 Å². The minimum Gasteiger partial charge on any atom is -0.508 e. The fraction of sp³-hybridized carbons (Fsp3) is 0.0667. The fourth-order valence-electron chi connectivity index (χ4n) is 2.16. The zero-order valence-corrected chi connectivity index (χ0v) is 9.07. The Hall–Kier alpha value is -2.02. The molecule has 0 saturated heterocycles. The summed E-state index contributed by atoms with van der Waals surface area (Å²) in [5.74, 6) is 0.365. The van der Waals surface area contributed by atoms with E-state index in [1.165, 1.54) is 16.2 Å².